The first-order valence-corrected chi connectivity index (χ1v) is 13.2. The van der Waals surface area contributed by atoms with Crippen LogP contribution in [-0.2, 0) is 11.4 Å². The molecule has 1 fully saturated rings. The highest BCUT2D eigenvalue weighted by molar-refractivity contribution is 8.03. The molecular weight excluding hydrogens is 513 g/mol. The Labute approximate surface area is 224 Å². The molecule has 5 nitrogen and oxygen atoms in total. The summed E-state index contributed by atoms with van der Waals surface area (Å²) in [7, 11) is 0. The lowest BCUT2D eigenvalue weighted by Crippen LogP contribution is -2.47. The molecule has 0 unspecified atom stereocenters. The summed E-state index contributed by atoms with van der Waals surface area (Å²) in [4.78, 5) is 17.0. The Hall–Kier alpha value is -3.11. The molecule has 8 heteroatoms. The standard InChI is InChI=1S/C28H23Cl2N3O2S/c1-18-2-9-22(12-26(18)30)32-16-33-27(34)13-24(25(14-31)28(33)36-17-32)20-5-10-23(11-6-20)35-15-19-3-7-21(29)8-4-19/h2-12,24H,13,15-17H2,1H3/t24-/m1/s1. The first-order valence-electron chi connectivity index (χ1n) is 11.5. The number of hydrogen-bond acceptors (Lipinski definition) is 5. The number of hydrogen-bond donors (Lipinski definition) is 0. The number of nitriles is 1. The second-order valence-corrected chi connectivity index (χ2v) is 10.6. The fraction of sp³-hybridized carbons (Fsp3) is 0.214. The largest absolute Gasteiger partial charge is 0.489 e. The summed E-state index contributed by atoms with van der Waals surface area (Å²) in [5, 5.41) is 12.2. The molecule has 0 radical (unpaired) electrons. The van der Waals surface area contributed by atoms with E-state index in [2.05, 4.69) is 11.0 Å². The predicted molar refractivity (Wildman–Crippen MR) is 145 cm³/mol. The van der Waals surface area contributed by atoms with Crippen molar-refractivity contribution in [3.8, 4) is 11.8 Å². The van der Waals surface area contributed by atoms with Crippen LogP contribution in [0.15, 0.2) is 77.3 Å². The maximum Gasteiger partial charge on any atom is 0.229 e. The van der Waals surface area contributed by atoms with Crippen LogP contribution in [0, 0.1) is 18.3 Å². The Morgan fingerprint density at radius 3 is 2.53 bits per heavy atom. The molecule has 0 saturated carbocycles. The fourth-order valence-electron chi connectivity index (χ4n) is 4.33. The van der Waals surface area contributed by atoms with Crippen molar-refractivity contribution in [2.24, 2.45) is 0 Å². The van der Waals surface area contributed by atoms with E-state index in [9.17, 15) is 10.1 Å². The van der Waals surface area contributed by atoms with E-state index in [1.807, 2.05) is 73.7 Å². The highest BCUT2D eigenvalue weighted by Crippen LogP contribution is 2.43. The molecule has 3 aromatic carbocycles. The van der Waals surface area contributed by atoms with Gasteiger partial charge in [0.2, 0.25) is 5.91 Å². The van der Waals surface area contributed by atoms with Gasteiger partial charge in [-0.05, 0) is 60.0 Å². The van der Waals surface area contributed by atoms with Gasteiger partial charge in [0.15, 0.2) is 0 Å². The zero-order chi connectivity index (χ0) is 25.2. The third-order valence-corrected chi connectivity index (χ3v) is 8.23. The molecule has 2 heterocycles. The first kappa shape index (κ1) is 24.6. The van der Waals surface area contributed by atoms with Gasteiger partial charge in [-0.1, -0.05) is 65.3 Å². The molecule has 5 rings (SSSR count). The third-order valence-electron chi connectivity index (χ3n) is 6.42. The molecule has 1 atom stereocenters. The Morgan fingerprint density at radius 1 is 1.08 bits per heavy atom. The number of rotatable bonds is 5. The van der Waals surface area contributed by atoms with Gasteiger partial charge in [0.1, 0.15) is 12.4 Å². The van der Waals surface area contributed by atoms with Crippen molar-refractivity contribution in [2.75, 3.05) is 17.4 Å². The molecule has 1 saturated heterocycles. The molecule has 36 heavy (non-hydrogen) atoms. The molecule has 0 spiro atoms. The van der Waals surface area contributed by atoms with Crippen LogP contribution in [0.1, 0.15) is 29.0 Å². The van der Waals surface area contributed by atoms with E-state index in [-0.39, 0.29) is 18.2 Å². The average molecular weight is 536 g/mol. The highest BCUT2D eigenvalue weighted by atomic mass is 35.5. The highest BCUT2D eigenvalue weighted by Gasteiger charge is 2.38. The summed E-state index contributed by atoms with van der Waals surface area (Å²) in [6.45, 7) is 2.79. The smallest absolute Gasteiger partial charge is 0.229 e. The zero-order valence-corrected chi connectivity index (χ0v) is 21.9. The molecule has 2 aliphatic heterocycles. The van der Waals surface area contributed by atoms with Gasteiger partial charge in [-0.15, -0.1) is 0 Å². The SMILES string of the molecule is Cc1ccc(N2CSC3=C(C#N)[C@@H](c4ccc(OCc5ccc(Cl)cc5)cc4)CC(=O)N3C2)cc1Cl. The van der Waals surface area contributed by atoms with E-state index in [4.69, 9.17) is 27.9 Å². The molecule has 182 valence electrons. The minimum absolute atomic E-state index is 0.00692. The number of ether oxygens (including phenoxy) is 1. The van der Waals surface area contributed by atoms with Gasteiger partial charge < -0.3 is 9.64 Å². The van der Waals surface area contributed by atoms with Gasteiger partial charge in [0.25, 0.3) is 0 Å². The summed E-state index contributed by atoms with van der Waals surface area (Å²) in [6.07, 6.45) is 0.250. The van der Waals surface area contributed by atoms with E-state index >= 15 is 0 Å². The van der Waals surface area contributed by atoms with Crippen molar-refractivity contribution in [3.63, 3.8) is 0 Å². The number of halogens is 2. The van der Waals surface area contributed by atoms with Crippen LogP contribution in [0.4, 0.5) is 5.69 Å². The van der Waals surface area contributed by atoms with Gasteiger partial charge in [-0.2, -0.15) is 5.26 Å². The molecular formula is C28H23Cl2N3O2S. The molecule has 0 aliphatic carbocycles. The van der Waals surface area contributed by atoms with E-state index < -0.39 is 0 Å². The molecule has 0 N–H and O–H groups in total. The number of anilines is 1. The lowest BCUT2D eigenvalue weighted by Gasteiger charge is -2.42. The normalized spacial score (nSPS) is 17.6. The van der Waals surface area contributed by atoms with Crippen LogP contribution in [0.5, 0.6) is 5.75 Å². The van der Waals surface area contributed by atoms with Gasteiger partial charge in [0, 0.05) is 28.1 Å². The van der Waals surface area contributed by atoms with Crippen molar-refractivity contribution in [1.29, 1.82) is 5.26 Å². The number of amides is 1. The van der Waals surface area contributed by atoms with E-state index in [1.165, 1.54) is 11.8 Å². The van der Waals surface area contributed by atoms with E-state index in [0.717, 1.165) is 33.2 Å². The Morgan fingerprint density at radius 2 is 1.83 bits per heavy atom. The quantitative estimate of drug-likeness (QED) is 0.348. The topological polar surface area (TPSA) is 56.6 Å². The lowest BCUT2D eigenvalue weighted by atomic mass is 9.86. The number of nitrogens with zero attached hydrogens (tertiary/aromatic N) is 3. The van der Waals surface area contributed by atoms with E-state index in [0.29, 0.717) is 34.8 Å². The van der Waals surface area contributed by atoms with Crippen LogP contribution in [0.3, 0.4) is 0 Å². The maximum atomic E-state index is 13.2. The summed E-state index contributed by atoms with van der Waals surface area (Å²) < 4.78 is 5.89. The monoisotopic (exact) mass is 535 g/mol. The van der Waals surface area contributed by atoms with Gasteiger partial charge in [0.05, 0.1) is 29.2 Å². The lowest BCUT2D eigenvalue weighted by molar-refractivity contribution is -0.129. The van der Waals surface area contributed by atoms with Crippen molar-refractivity contribution in [2.45, 2.75) is 25.9 Å². The van der Waals surface area contributed by atoms with Crippen LogP contribution in [0.25, 0.3) is 0 Å². The Kier molecular flexibility index (Phi) is 7.15. The number of thioether (sulfide) groups is 1. The minimum atomic E-state index is -0.271. The molecule has 0 bridgehead atoms. The second kappa shape index (κ2) is 10.5. The number of benzene rings is 3. The molecule has 0 aromatic heterocycles. The summed E-state index contributed by atoms with van der Waals surface area (Å²) in [6, 6.07) is 23.5. The minimum Gasteiger partial charge on any atom is -0.489 e. The number of carbonyl (C=O) groups is 1. The van der Waals surface area contributed by atoms with Crippen molar-refractivity contribution >= 4 is 46.6 Å². The molecule has 3 aromatic rings. The van der Waals surface area contributed by atoms with Crippen molar-refractivity contribution in [3.05, 3.63) is 104 Å². The number of carbonyl (C=O) groups excluding carboxylic acids is 1. The fourth-order valence-corrected chi connectivity index (χ4v) is 5.80. The van der Waals surface area contributed by atoms with E-state index in [1.54, 1.807) is 4.90 Å². The first-order chi connectivity index (χ1) is 17.4. The molecule has 2 aliphatic rings. The van der Waals surface area contributed by atoms with Gasteiger partial charge in [-0.3, -0.25) is 9.69 Å². The summed E-state index contributed by atoms with van der Waals surface area (Å²) in [5.74, 6) is 1.09. The van der Waals surface area contributed by atoms with Gasteiger partial charge in [-0.25, -0.2) is 0 Å². The Bertz CT molecular complexity index is 1370. The van der Waals surface area contributed by atoms with Crippen LogP contribution in [-0.4, -0.2) is 23.4 Å². The average Bonchev–Trinajstić information content (AvgIpc) is 2.90. The van der Waals surface area contributed by atoms with Crippen molar-refractivity contribution < 1.29 is 9.53 Å². The predicted octanol–water partition coefficient (Wildman–Crippen LogP) is 7.10. The zero-order valence-electron chi connectivity index (χ0n) is 19.6. The van der Waals surface area contributed by atoms with Gasteiger partial charge >= 0.3 is 0 Å². The van der Waals surface area contributed by atoms with Crippen LogP contribution >= 0.6 is 35.0 Å². The second-order valence-electron chi connectivity index (χ2n) is 8.78. The van der Waals surface area contributed by atoms with Crippen LogP contribution in [0.2, 0.25) is 10.0 Å². The maximum absolute atomic E-state index is 13.2. The van der Waals surface area contributed by atoms with Crippen molar-refractivity contribution in [1.82, 2.24) is 4.90 Å². The number of allylic oxidation sites excluding steroid dienone is 1. The molecule has 1 amide bonds. The summed E-state index contributed by atoms with van der Waals surface area (Å²) >= 11 is 13.8. The summed E-state index contributed by atoms with van der Waals surface area (Å²) in [5.41, 5.74) is 4.56. The van der Waals surface area contributed by atoms with Crippen LogP contribution < -0.4 is 9.64 Å². The number of fused-ring (bicyclic) bond motifs is 1. The Balaban J connectivity index is 1.32. The third kappa shape index (κ3) is 5.05. The number of aryl methyl sites for hydroxylation is 1.